The highest BCUT2D eigenvalue weighted by atomic mass is 28.3. The molecule has 1 fully saturated rings. The lowest BCUT2D eigenvalue weighted by Gasteiger charge is -2.17. The lowest BCUT2D eigenvalue weighted by molar-refractivity contribution is 0.688. The minimum absolute atomic E-state index is 0.579. The molecule has 0 amide bonds. The van der Waals surface area contributed by atoms with E-state index in [4.69, 9.17) is 0 Å². The van der Waals surface area contributed by atoms with Crippen molar-refractivity contribution in [1.29, 1.82) is 0 Å². The Bertz CT molecular complexity index is 111. The standard InChI is InChI=1S/C10H22Si/c1-9(2)7-11(5-6-11)8-10(3)4/h9-10H,5-8H2,1-4H3. The fraction of sp³-hybridized carbons (Fsp3) is 1.00. The normalized spacial score (nSPS) is 21.3. The Morgan fingerprint density at radius 1 is 0.909 bits per heavy atom. The maximum atomic E-state index is 2.38. The molecule has 11 heavy (non-hydrogen) atoms. The topological polar surface area (TPSA) is 0 Å². The summed E-state index contributed by atoms with van der Waals surface area (Å²) in [4.78, 5) is 0. The highest BCUT2D eigenvalue weighted by Crippen LogP contribution is 2.46. The molecule has 0 bridgehead atoms. The Hall–Kier alpha value is 0.217. The minimum atomic E-state index is -0.579. The minimum Gasteiger partial charge on any atom is -0.0630 e. The van der Waals surface area contributed by atoms with Gasteiger partial charge in [-0.05, 0) is 11.8 Å². The third-order valence-corrected chi connectivity index (χ3v) is 7.92. The van der Waals surface area contributed by atoms with E-state index in [2.05, 4.69) is 27.7 Å². The molecule has 1 heteroatoms. The van der Waals surface area contributed by atoms with E-state index < -0.39 is 8.07 Å². The van der Waals surface area contributed by atoms with Crippen LogP contribution in [0.25, 0.3) is 0 Å². The molecule has 0 unspecified atom stereocenters. The van der Waals surface area contributed by atoms with Crippen LogP contribution in [0.2, 0.25) is 24.2 Å². The second-order valence-electron chi connectivity index (χ2n) is 5.20. The van der Waals surface area contributed by atoms with Crippen LogP contribution in [0.4, 0.5) is 0 Å². The van der Waals surface area contributed by atoms with Gasteiger partial charge in [-0.15, -0.1) is 0 Å². The molecule has 1 aliphatic heterocycles. The van der Waals surface area contributed by atoms with Gasteiger partial charge >= 0.3 is 0 Å². The first-order valence-electron chi connectivity index (χ1n) is 5.04. The molecule has 0 aromatic rings. The monoisotopic (exact) mass is 170 g/mol. The Morgan fingerprint density at radius 3 is 1.45 bits per heavy atom. The van der Waals surface area contributed by atoms with Crippen molar-refractivity contribution in [1.82, 2.24) is 0 Å². The fourth-order valence-corrected chi connectivity index (χ4v) is 8.26. The molecule has 1 saturated heterocycles. The first-order chi connectivity index (χ1) is 5.04. The van der Waals surface area contributed by atoms with Gasteiger partial charge in [0.25, 0.3) is 0 Å². The highest BCUT2D eigenvalue weighted by molar-refractivity contribution is 6.89. The lowest BCUT2D eigenvalue weighted by Crippen LogP contribution is -2.18. The van der Waals surface area contributed by atoms with Gasteiger partial charge in [-0.1, -0.05) is 51.9 Å². The molecular formula is C10H22Si. The largest absolute Gasteiger partial charge is 0.0630 e. The van der Waals surface area contributed by atoms with Crippen LogP contribution in [-0.4, -0.2) is 8.07 Å². The van der Waals surface area contributed by atoms with Crippen molar-refractivity contribution >= 4 is 8.07 Å². The predicted octanol–water partition coefficient (Wildman–Crippen LogP) is 3.76. The molecule has 1 rings (SSSR count). The lowest BCUT2D eigenvalue weighted by atomic mass is 10.3. The molecule has 0 saturated carbocycles. The smallest absolute Gasteiger partial charge is 0.0535 e. The molecule has 0 aromatic carbocycles. The third kappa shape index (κ3) is 2.98. The molecule has 0 atom stereocenters. The molecule has 1 heterocycles. The van der Waals surface area contributed by atoms with Gasteiger partial charge in [-0.2, -0.15) is 0 Å². The van der Waals surface area contributed by atoms with Crippen molar-refractivity contribution in [2.24, 2.45) is 11.8 Å². The molecule has 0 N–H and O–H groups in total. The molecule has 1 aliphatic rings. The van der Waals surface area contributed by atoms with Crippen LogP contribution in [0, 0.1) is 11.8 Å². The SMILES string of the molecule is CC(C)C[Si]1(CC(C)C)CC1. The maximum absolute atomic E-state index is 2.38. The Morgan fingerprint density at radius 2 is 1.27 bits per heavy atom. The molecule has 0 radical (unpaired) electrons. The van der Waals surface area contributed by atoms with Crippen molar-refractivity contribution < 1.29 is 0 Å². The average molecular weight is 170 g/mol. The van der Waals surface area contributed by atoms with Crippen LogP contribution in [0.5, 0.6) is 0 Å². The van der Waals surface area contributed by atoms with Crippen molar-refractivity contribution in [3.05, 3.63) is 0 Å². The summed E-state index contributed by atoms with van der Waals surface area (Å²) in [5, 5.41) is 0. The quantitative estimate of drug-likeness (QED) is 0.564. The van der Waals surface area contributed by atoms with E-state index >= 15 is 0 Å². The van der Waals surface area contributed by atoms with Crippen molar-refractivity contribution in [3.8, 4) is 0 Å². The van der Waals surface area contributed by atoms with Crippen molar-refractivity contribution in [2.45, 2.75) is 51.9 Å². The van der Waals surface area contributed by atoms with Crippen LogP contribution < -0.4 is 0 Å². The molecule has 0 spiro atoms. The van der Waals surface area contributed by atoms with E-state index in [9.17, 15) is 0 Å². The highest BCUT2D eigenvalue weighted by Gasteiger charge is 2.44. The fourth-order valence-electron chi connectivity index (χ4n) is 2.40. The predicted molar refractivity (Wildman–Crippen MR) is 54.7 cm³/mol. The summed E-state index contributed by atoms with van der Waals surface area (Å²) < 4.78 is 0. The first-order valence-corrected chi connectivity index (χ1v) is 7.87. The molecular weight excluding hydrogens is 148 g/mol. The number of rotatable bonds is 4. The summed E-state index contributed by atoms with van der Waals surface area (Å²) in [5.41, 5.74) is 0. The van der Waals surface area contributed by atoms with E-state index in [1.807, 2.05) is 0 Å². The van der Waals surface area contributed by atoms with Gasteiger partial charge in [0.2, 0.25) is 0 Å². The summed E-state index contributed by atoms with van der Waals surface area (Å²) in [7, 11) is -0.579. The average Bonchev–Trinajstić information content (AvgIpc) is 2.43. The third-order valence-electron chi connectivity index (χ3n) is 2.64. The molecule has 0 aliphatic carbocycles. The summed E-state index contributed by atoms with van der Waals surface area (Å²) in [6.45, 7) is 9.53. The van der Waals surface area contributed by atoms with Gasteiger partial charge in [0.05, 0.1) is 8.07 Å². The summed E-state index contributed by atoms with van der Waals surface area (Å²) in [6, 6.07) is 6.49. The second-order valence-corrected chi connectivity index (χ2v) is 10.0. The summed E-state index contributed by atoms with van der Waals surface area (Å²) >= 11 is 0. The summed E-state index contributed by atoms with van der Waals surface area (Å²) in [5.74, 6) is 1.92. The van der Waals surface area contributed by atoms with Crippen LogP contribution in [-0.2, 0) is 0 Å². The van der Waals surface area contributed by atoms with Gasteiger partial charge in [0.15, 0.2) is 0 Å². The van der Waals surface area contributed by atoms with Gasteiger partial charge in [0, 0.05) is 0 Å². The van der Waals surface area contributed by atoms with Crippen LogP contribution in [0.15, 0.2) is 0 Å². The Balaban J connectivity index is 2.29. The molecule has 66 valence electrons. The van der Waals surface area contributed by atoms with E-state index in [-0.39, 0.29) is 0 Å². The van der Waals surface area contributed by atoms with Gasteiger partial charge in [0.1, 0.15) is 0 Å². The second kappa shape index (κ2) is 3.30. The van der Waals surface area contributed by atoms with Gasteiger partial charge in [-0.25, -0.2) is 0 Å². The number of hydrogen-bond acceptors (Lipinski definition) is 0. The zero-order chi connectivity index (χ0) is 8.48. The van der Waals surface area contributed by atoms with E-state index in [0.717, 1.165) is 11.8 Å². The Kier molecular flexibility index (Phi) is 2.79. The summed E-state index contributed by atoms with van der Waals surface area (Å²) in [6.07, 6.45) is 0. The molecule has 0 aromatic heterocycles. The van der Waals surface area contributed by atoms with Crippen LogP contribution >= 0.6 is 0 Å². The van der Waals surface area contributed by atoms with Gasteiger partial charge < -0.3 is 0 Å². The zero-order valence-corrected chi connectivity index (χ0v) is 9.48. The van der Waals surface area contributed by atoms with E-state index in [1.54, 1.807) is 24.2 Å². The maximum Gasteiger partial charge on any atom is 0.0535 e. The van der Waals surface area contributed by atoms with Crippen molar-refractivity contribution in [3.63, 3.8) is 0 Å². The molecule has 0 nitrogen and oxygen atoms in total. The van der Waals surface area contributed by atoms with Crippen LogP contribution in [0.1, 0.15) is 27.7 Å². The Labute approximate surface area is 72.4 Å². The number of hydrogen-bond donors (Lipinski definition) is 0. The van der Waals surface area contributed by atoms with E-state index in [0.29, 0.717) is 0 Å². The van der Waals surface area contributed by atoms with Gasteiger partial charge in [-0.3, -0.25) is 0 Å². The zero-order valence-electron chi connectivity index (χ0n) is 8.48. The van der Waals surface area contributed by atoms with E-state index in [1.165, 1.54) is 0 Å². The first kappa shape index (κ1) is 9.31. The van der Waals surface area contributed by atoms with Crippen LogP contribution in [0.3, 0.4) is 0 Å². The van der Waals surface area contributed by atoms with Crippen molar-refractivity contribution in [2.75, 3.05) is 0 Å².